The maximum Gasteiger partial charge on any atom is 0.410 e. The van der Waals surface area contributed by atoms with E-state index in [9.17, 15) is 28.8 Å². The van der Waals surface area contributed by atoms with E-state index < -0.39 is 65.1 Å². The first-order valence-corrected chi connectivity index (χ1v) is 16.7. The first-order chi connectivity index (χ1) is 24.3. The number of carbonyl (C=O) groups is 6. The van der Waals surface area contributed by atoms with Gasteiger partial charge in [-0.05, 0) is 69.4 Å². The van der Waals surface area contributed by atoms with Crippen molar-refractivity contribution in [3.05, 3.63) is 77.9 Å². The first kappa shape index (κ1) is 42.6. The Kier molecular flexibility index (Phi) is 15.7. The number of urea groups is 1. The third kappa shape index (κ3) is 13.3. The van der Waals surface area contributed by atoms with Crippen LogP contribution in [0.5, 0.6) is 0 Å². The van der Waals surface area contributed by atoms with Gasteiger partial charge in [0.15, 0.2) is 0 Å². The van der Waals surface area contributed by atoms with Gasteiger partial charge >= 0.3 is 24.2 Å². The van der Waals surface area contributed by atoms with Crippen molar-refractivity contribution in [2.75, 3.05) is 26.0 Å². The maximum absolute atomic E-state index is 13.4. The maximum atomic E-state index is 13.4. The Labute approximate surface area is 305 Å². The van der Waals surface area contributed by atoms with Crippen LogP contribution in [0.3, 0.4) is 0 Å². The van der Waals surface area contributed by atoms with Crippen LogP contribution in [0.2, 0.25) is 0 Å². The number of methoxy groups -OCH3 is 1. The van der Waals surface area contributed by atoms with Crippen LogP contribution in [-0.2, 0) is 40.6 Å². The van der Waals surface area contributed by atoms with Gasteiger partial charge in [-0.1, -0.05) is 62.9 Å². The van der Waals surface area contributed by atoms with Gasteiger partial charge in [0.1, 0.15) is 30.3 Å². The fourth-order valence-electron chi connectivity index (χ4n) is 5.22. The number of benzene rings is 2. The van der Waals surface area contributed by atoms with Gasteiger partial charge in [0.2, 0.25) is 11.8 Å². The molecule has 2 aromatic carbocycles. The molecule has 6 amide bonds. The Hall–Kier alpha value is -5.60. The number of rotatable bonds is 16. The number of ether oxygens (including phenoxy) is 3. The van der Waals surface area contributed by atoms with Gasteiger partial charge in [-0.3, -0.25) is 14.5 Å². The number of esters is 1. The Morgan fingerprint density at radius 2 is 1.52 bits per heavy atom. The summed E-state index contributed by atoms with van der Waals surface area (Å²) in [6.07, 6.45) is -1.17. The second-order valence-corrected chi connectivity index (χ2v) is 13.8. The summed E-state index contributed by atoms with van der Waals surface area (Å²) in [7, 11) is 2.73. The van der Waals surface area contributed by atoms with Crippen LogP contribution in [0.15, 0.2) is 66.7 Å². The van der Waals surface area contributed by atoms with Gasteiger partial charge in [0, 0.05) is 24.7 Å². The SMILES string of the molecule is C=C(C)[C@H](NC(=O)OC(C)(C)C)C(=O)N[C@@H](CCCNC(N)=O)C(=O)Nc1ccc(COC(=O)N(C)[C@H](C(=O)OC)C(C)(C)c2ccccc2)cc1. The predicted molar refractivity (Wildman–Crippen MR) is 195 cm³/mol. The van der Waals surface area contributed by atoms with Gasteiger partial charge in [-0.2, -0.15) is 0 Å². The van der Waals surface area contributed by atoms with Crippen molar-refractivity contribution in [2.24, 2.45) is 5.73 Å². The smallest absolute Gasteiger partial charge is 0.410 e. The number of anilines is 1. The summed E-state index contributed by atoms with van der Waals surface area (Å²) in [6.45, 7) is 14.1. The lowest BCUT2D eigenvalue weighted by Gasteiger charge is -2.38. The lowest BCUT2D eigenvalue weighted by atomic mass is 9.77. The van der Waals surface area contributed by atoms with Crippen LogP contribution >= 0.6 is 0 Å². The average molecular weight is 725 g/mol. The molecule has 15 heteroatoms. The molecular weight excluding hydrogens is 672 g/mol. The third-order valence-electron chi connectivity index (χ3n) is 7.90. The van der Waals surface area contributed by atoms with E-state index in [4.69, 9.17) is 19.9 Å². The molecule has 0 aliphatic rings. The molecule has 0 heterocycles. The average Bonchev–Trinajstić information content (AvgIpc) is 3.07. The molecule has 15 nitrogen and oxygen atoms in total. The molecular formula is C37H52N6O9. The van der Waals surface area contributed by atoms with Gasteiger partial charge < -0.3 is 41.2 Å². The topological polar surface area (TPSA) is 207 Å². The molecule has 0 unspecified atom stereocenters. The number of likely N-dealkylation sites (N-methyl/N-ethyl adjacent to an activating group) is 1. The lowest BCUT2D eigenvalue weighted by Crippen LogP contribution is -2.53. The largest absolute Gasteiger partial charge is 0.467 e. The first-order valence-electron chi connectivity index (χ1n) is 16.7. The summed E-state index contributed by atoms with van der Waals surface area (Å²) in [5.74, 6) is -1.85. The number of nitrogens with two attached hydrogens (primary N) is 1. The molecule has 0 fully saturated rings. The zero-order valence-corrected chi connectivity index (χ0v) is 31.2. The van der Waals surface area contributed by atoms with E-state index in [1.165, 1.54) is 19.1 Å². The third-order valence-corrected chi connectivity index (χ3v) is 7.90. The molecule has 0 aliphatic heterocycles. The molecule has 52 heavy (non-hydrogen) atoms. The second kappa shape index (κ2) is 19.1. The molecule has 0 radical (unpaired) electrons. The quantitative estimate of drug-likeness (QED) is 0.0730. The molecule has 2 rings (SSSR count). The van der Waals surface area contributed by atoms with Gasteiger partial charge in [-0.25, -0.2) is 19.2 Å². The summed E-state index contributed by atoms with van der Waals surface area (Å²) in [4.78, 5) is 77.4. The highest BCUT2D eigenvalue weighted by molar-refractivity contribution is 5.98. The van der Waals surface area contributed by atoms with Gasteiger partial charge in [-0.15, -0.1) is 0 Å². The molecule has 0 aromatic heterocycles. The number of hydrogen-bond donors (Lipinski definition) is 5. The fourth-order valence-corrected chi connectivity index (χ4v) is 5.22. The Balaban J connectivity index is 2.12. The van der Waals surface area contributed by atoms with Crippen LogP contribution in [0.25, 0.3) is 0 Å². The number of amides is 6. The second-order valence-electron chi connectivity index (χ2n) is 13.8. The monoisotopic (exact) mass is 724 g/mol. The normalized spacial score (nSPS) is 12.9. The molecule has 0 spiro atoms. The number of hydrogen-bond acceptors (Lipinski definition) is 9. The summed E-state index contributed by atoms with van der Waals surface area (Å²) in [5.41, 5.74) is 5.64. The van der Waals surface area contributed by atoms with E-state index in [2.05, 4.69) is 27.8 Å². The standard InChI is InChI=1S/C37H52N6O9/c1-23(2)28(42-34(48)52-36(3,4)5)31(45)41-27(16-13-21-39-33(38)47)30(44)40-26-19-17-24(18-20-26)22-51-35(49)43(8)29(32(46)50-9)37(6,7)25-14-11-10-12-15-25/h10-12,14-15,17-20,27-29H,1,13,16,21-22H2,2-9H3,(H,40,44)(H,41,45)(H,42,48)(H3,38,39,47)/t27-,28-,29+/m0/s1. The van der Waals surface area contributed by atoms with E-state index in [-0.39, 0.29) is 26.0 Å². The molecule has 6 N–H and O–H groups in total. The number of primary amides is 1. The number of nitrogens with one attached hydrogen (secondary N) is 4. The zero-order valence-electron chi connectivity index (χ0n) is 31.2. The van der Waals surface area contributed by atoms with E-state index in [0.29, 0.717) is 16.8 Å². The van der Waals surface area contributed by atoms with Crippen molar-refractivity contribution in [1.29, 1.82) is 0 Å². The number of carbonyl (C=O) groups excluding carboxylic acids is 6. The minimum absolute atomic E-state index is 0.113. The van der Waals surface area contributed by atoms with Crippen molar-refractivity contribution < 1.29 is 43.0 Å². The molecule has 0 bridgehead atoms. The Morgan fingerprint density at radius 1 is 0.904 bits per heavy atom. The highest BCUT2D eigenvalue weighted by Gasteiger charge is 2.43. The minimum Gasteiger partial charge on any atom is -0.467 e. The van der Waals surface area contributed by atoms with Crippen molar-refractivity contribution in [2.45, 2.75) is 90.1 Å². The molecule has 2 aromatic rings. The highest BCUT2D eigenvalue weighted by Crippen LogP contribution is 2.31. The number of alkyl carbamates (subject to hydrolysis) is 1. The van der Waals surface area contributed by atoms with Crippen molar-refractivity contribution >= 4 is 41.7 Å². The van der Waals surface area contributed by atoms with E-state index in [1.54, 1.807) is 52.0 Å². The minimum atomic E-state index is -1.19. The van der Waals surface area contributed by atoms with E-state index in [1.807, 2.05) is 44.2 Å². The fraction of sp³-hybridized carbons (Fsp3) is 0.459. The molecule has 3 atom stereocenters. The summed E-state index contributed by atoms with van der Waals surface area (Å²) in [5, 5.41) is 10.3. The van der Waals surface area contributed by atoms with Crippen LogP contribution in [0.1, 0.15) is 65.5 Å². The summed E-state index contributed by atoms with van der Waals surface area (Å²) < 4.78 is 15.8. The van der Waals surface area contributed by atoms with Crippen LogP contribution in [0.4, 0.5) is 20.1 Å². The summed E-state index contributed by atoms with van der Waals surface area (Å²) >= 11 is 0. The van der Waals surface area contributed by atoms with E-state index in [0.717, 1.165) is 5.56 Å². The zero-order chi connectivity index (χ0) is 39.2. The molecule has 0 aliphatic carbocycles. The van der Waals surface area contributed by atoms with E-state index >= 15 is 0 Å². The van der Waals surface area contributed by atoms with Gasteiger partial charge in [0.25, 0.3) is 0 Å². The molecule has 0 saturated heterocycles. The predicted octanol–water partition coefficient (Wildman–Crippen LogP) is 4.12. The molecule has 0 saturated carbocycles. The lowest BCUT2D eigenvalue weighted by molar-refractivity contribution is -0.148. The van der Waals surface area contributed by atoms with Crippen LogP contribution < -0.4 is 27.0 Å². The highest BCUT2D eigenvalue weighted by atomic mass is 16.6. The van der Waals surface area contributed by atoms with Crippen LogP contribution in [-0.4, -0.2) is 85.3 Å². The van der Waals surface area contributed by atoms with Crippen molar-refractivity contribution in [3.8, 4) is 0 Å². The van der Waals surface area contributed by atoms with Crippen LogP contribution in [0, 0.1) is 0 Å². The molecule has 284 valence electrons. The van der Waals surface area contributed by atoms with Gasteiger partial charge in [0.05, 0.1) is 7.11 Å². The Bertz CT molecular complexity index is 1570. The Morgan fingerprint density at radius 3 is 2.06 bits per heavy atom. The summed E-state index contributed by atoms with van der Waals surface area (Å²) in [6, 6.07) is 11.8. The number of nitrogens with zero attached hydrogens (tertiary/aromatic N) is 1. The van der Waals surface area contributed by atoms with Crippen molar-refractivity contribution in [1.82, 2.24) is 20.9 Å². The van der Waals surface area contributed by atoms with Crippen molar-refractivity contribution in [3.63, 3.8) is 0 Å².